The summed E-state index contributed by atoms with van der Waals surface area (Å²) >= 11 is 0. The molecule has 0 saturated heterocycles. The fourth-order valence-corrected chi connectivity index (χ4v) is 1.67. The molecule has 2 aliphatic carbocycles. The lowest BCUT2D eigenvalue weighted by Crippen LogP contribution is -2.07. The maximum absolute atomic E-state index is 11.1. The van der Waals surface area contributed by atoms with E-state index >= 15 is 0 Å². The zero-order valence-corrected chi connectivity index (χ0v) is 4.68. The first-order valence-electron chi connectivity index (χ1n) is 4.16. The van der Waals surface area contributed by atoms with Crippen LogP contribution in [-0.2, 0) is 4.79 Å². The number of hydrogen-bond acceptors (Lipinski definition) is 1. The minimum absolute atomic E-state index is 0.0463. The molecule has 2 bridgehead atoms. The summed E-state index contributed by atoms with van der Waals surface area (Å²) < 4.78 is 14.8. The molecule has 0 aromatic carbocycles. The molecule has 8 heavy (non-hydrogen) atoms. The van der Waals surface area contributed by atoms with Crippen LogP contribution >= 0.6 is 0 Å². The standard InChI is InChI=1S/C7H10O/c8-7-4-5-1-2-6(7)3-5/h5-6H,1-4H2/i4D2. The van der Waals surface area contributed by atoms with Crippen molar-refractivity contribution < 1.29 is 7.54 Å². The summed E-state index contributed by atoms with van der Waals surface area (Å²) in [6, 6.07) is 0. The Bertz CT molecular complexity index is 188. The zero-order chi connectivity index (χ0) is 7.35. The van der Waals surface area contributed by atoms with Crippen LogP contribution in [0.25, 0.3) is 0 Å². The number of fused-ring (bicyclic) bond motifs is 2. The summed E-state index contributed by atoms with van der Waals surface area (Å²) in [5.41, 5.74) is 0. The van der Waals surface area contributed by atoms with E-state index < -0.39 is 6.37 Å². The van der Waals surface area contributed by atoms with Crippen molar-refractivity contribution in [2.75, 3.05) is 0 Å². The molecule has 1 nitrogen and oxygen atoms in total. The Morgan fingerprint density at radius 2 is 2.50 bits per heavy atom. The molecule has 2 unspecified atom stereocenters. The second-order valence-electron chi connectivity index (χ2n) is 2.72. The van der Waals surface area contributed by atoms with Crippen molar-refractivity contribution in [3.05, 3.63) is 0 Å². The molecule has 0 amide bonds. The predicted octanol–water partition coefficient (Wildman–Crippen LogP) is 1.38. The van der Waals surface area contributed by atoms with E-state index in [4.69, 9.17) is 2.74 Å². The van der Waals surface area contributed by atoms with E-state index in [0.29, 0.717) is 0 Å². The Kier molecular flexibility index (Phi) is 0.500. The van der Waals surface area contributed by atoms with Gasteiger partial charge in [-0.2, -0.15) is 0 Å². The number of rotatable bonds is 0. The van der Waals surface area contributed by atoms with Gasteiger partial charge in [0, 0.05) is 15.0 Å². The van der Waals surface area contributed by atoms with Crippen LogP contribution in [0, 0.1) is 11.8 Å². The molecular formula is C7H10O. The minimum atomic E-state index is -1.47. The summed E-state index contributed by atoms with van der Waals surface area (Å²) in [7, 11) is 0. The Morgan fingerprint density at radius 3 is 2.88 bits per heavy atom. The Balaban J connectivity index is 2.34. The molecule has 0 aromatic rings. The molecule has 2 atom stereocenters. The second-order valence-corrected chi connectivity index (χ2v) is 2.72. The first-order chi connectivity index (χ1) is 4.62. The van der Waals surface area contributed by atoms with E-state index in [1.165, 1.54) is 0 Å². The molecular weight excluding hydrogens is 100 g/mol. The van der Waals surface area contributed by atoms with Gasteiger partial charge in [-0.05, 0) is 25.2 Å². The third kappa shape index (κ3) is 0.445. The van der Waals surface area contributed by atoms with Gasteiger partial charge in [0.05, 0.1) is 0 Å². The van der Waals surface area contributed by atoms with E-state index in [1.54, 1.807) is 0 Å². The third-order valence-electron chi connectivity index (χ3n) is 2.15. The minimum Gasteiger partial charge on any atom is -0.299 e. The van der Waals surface area contributed by atoms with Gasteiger partial charge in [0.2, 0.25) is 0 Å². The largest absolute Gasteiger partial charge is 0.299 e. The van der Waals surface area contributed by atoms with Crippen LogP contribution < -0.4 is 0 Å². The van der Waals surface area contributed by atoms with Crippen molar-refractivity contribution in [1.82, 2.24) is 0 Å². The molecule has 2 rings (SSSR count). The topological polar surface area (TPSA) is 17.1 Å². The monoisotopic (exact) mass is 112 g/mol. The zero-order valence-electron chi connectivity index (χ0n) is 6.68. The van der Waals surface area contributed by atoms with E-state index in [-0.39, 0.29) is 17.6 Å². The molecule has 0 aromatic heterocycles. The van der Waals surface area contributed by atoms with E-state index in [0.717, 1.165) is 19.3 Å². The van der Waals surface area contributed by atoms with Gasteiger partial charge >= 0.3 is 0 Å². The van der Waals surface area contributed by atoms with Crippen LogP contribution in [0.5, 0.6) is 0 Å². The summed E-state index contributed by atoms with van der Waals surface area (Å²) in [6.07, 6.45) is 1.20. The van der Waals surface area contributed by atoms with E-state index in [1.807, 2.05) is 0 Å². The van der Waals surface area contributed by atoms with Gasteiger partial charge < -0.3 is 0 Å². The molecule has 0 heterocycles. The van der Waals surface area contributed by atoms with Crippen LogP contribution in [0.2, 0.25) is 0 Å². The SMILES string of the molecule is [2H]C1([2H])C(=O)C2CCC1C2. The van der Waals surface area contributed by atoms with Crippen LogP contribution in [0.3, 0.4) is 0 Å². The molecule has 0 spiro atoms. The number of Topliss-reactive ketones (excluding diaryl/α,β-unsaturated/α-hetero) is 1. The Hall–Kier alpha value is -0.330. The van der Waals surface area contributed by atoms with Gasteiger partial charge in [-0.25, -0.2) is 0 Å². The molecule has 2 fully saturated rings. The van der Waals surface area contributed by atoms with Gasteiger partial charge in [0.1, 0.15) is 5.78 Å². The normalized spacial score (nSPS) is 53.8. The fourth-order valence-electron chi connectivity index (χ4n) is 1.67. The maximum Gasteiger partial charge on any atom is 0.136 e. The van der Waals surface area contributed by atoms with Crippen molar-refractivity contribution in [1.29, 1.82) is 0 Å². The highest BCUT2D eigenvalue weighted by Gasteiger charge is 2.37. The van der Waals surface area contributed by atoms with Crippen molar-refractivity contribution in [2.24, 2.45) is 11.8 Å². The van der Waals surface area contributed by atoms with E-state index in [2.05, 4.69) is 0 Å². The van der Waals surface area contributed by atoms with E-state index in [9.17, 15) is 4.79 Å². The molecule has 0 aliphatic heterocycles. The fraction of sp³-hybridized carbons (Fsp3) is 0.857. The number of ketones is 1. The van der Waals surface area contributed by atoms with Gasteiger partial charge in [0.25, 0.3) is 0 Å². The lowest BCUT2D eigenvalue weighted by atomic mass is 10.00. The van der Waals surface area contributed by atoms with Gasteiger partial charge in [-0.3, -0.25) is 4.79 Å². The number of hydrogen-bond donors (Lipinski definition) is 0. The number of carbonyl (C=O) groups is 1. The first-order valence-corrected chi connectivity index (χ1v) is 3.16. The first kappa shape index (κ1) is 3.00. The average molecular weight is 112 g/mol. The third-order valence-corrected chi connectivity index (χ3v) is 2.15. The average Bonchev–Trinajstić information content (AvgIpc) is 2.37. The van der Waals surface area contributed by atoms with Gasteiger partial charge in [-0.1, -0.05) is 0 Å². The summed E-state index contributed by atoms with van der Waals surface area (Å²) in [5, 5.41) is 0. The summed E-state index contributed by atoms with van der Waals surface area (Å²) in [4.78, 5) is 11.1. The van der Waals surface area contributed by atoms with Crippen LogP contribution in [-0.4, -0.2) is 5.78 Å². The van der Waals surface area contributed by atoms with Crippen molar-refractivity contribution >= 4 is 5.78 Å². The van der Waals surface area contributed by atoms with Crippen LogP contribution in [0.1, 0.15) is 28.4 Å². The highest BCUT2D eigenvalue weighted by molar-refractivity contribution is 5.84. The predicted molar refractivity (Wildman–Crippen MR) is 30.5 cm³/mol. The highest BCUT2D eigenvalue weighted by atomic mass is 16.1. The summed E-state index contributed by atoms with van der Waals surface area (Å²) in [6.45, 7) is 0. The molecule has 0 N–H and O–H groups in total. The lowest BCUT2D eigenvalue weighted by molar-refractivity contribution is -0.121. The quantitative estimate of drug-likeness (QED) is 0.462. The highest BCUT2D eigenvalue weighted by Crippen LogP contribution is 2.41. The number of carbonyl (C=O) groups excluding carboxylic acids is 1. The molecule has 1 heteroatoms. The maximum atomic E-state index is 11.1. The van der Waals surface area contributed by atoms with Gasteiger partial charge in [0.15, 0.2) is 0 Å². The summed E-state index contributed by atoms with van der Waals surface area (Å²) in [5.74, 6) is -0.0197. The van der Waals surface area contributed by atoms with Crippen molar-refractivity contribution in [3.8, 4) is 0 Å². The smallest absolute Gasteiger partial charge is 0.136 e. The van der Waals surface area contributed by atoms with Crippen molar-refractivity contribution in [2.45, 2.75) is 25.6 Å². The molecule has 2 saturated carbocycles. The lowest BCUT2D eigenvalue weighted by Gasteiger charge is -2.04. The molecule has 2 aliphatic rings. The molecule has 44 valence electrons. The van der Waals surface area contributed by atoms with Crippen LogP contribution in [0.4, 0.5) is 0 Å². The van der Waals surface area contributed by atoms with Crippen LogP contribution in [0.15, 0.2) is 0 Å². The Labute approximate surface area is 51.9 Å². The Morgan fingerprint density at radius 1 is 1.62 bits per heavy atom. The molecule has 0 radical (unpaired) electrons. The van der Waals surface area contributed by atoms with Crippen molar-refractivity contribution in [3.63, 3.8) is 0 Å². The second kappa shape index (κ2) is 1.34. The van der Waals surface area contributed by atoms with Gasteiger partial charge in [-0.15, -0.1) is 0 Å².